The van der Waals surface area contributed by atoms with E-state index < -0.39 is 8.07 Å². The Morgan fingerprint density at radius 1 is 0.290 bits per heavy atom. The SMILES string of the molecule is c1ccc([Si](c2ccccc2)(c2ccccc2)c2ccc(-c3nc(-c4ccc(-c5ccc6oc7ccccc7c6c5)cc4)nc(-c4cccc(-n5c6ccccc6c6ccccc65)c4)n3)cc2)cc1. The van der Waals surface area contributed by atoms with Crippen LogP contribution in [0.5, 0.6) is 0 Å². The van der Waals surface area contributed by atoms with Crippen molar-refractivity contribution in [2.45, 2.75) is 0 Å². The molecule has 0 bridgehead atoms. The summed E-state index contributed by atoms with van der Waals surface area (Å²) in [5.41, 5.74) is 10.0. The number of para-hydroxylation sites is 3. The molecule has 0 aliphatic rings. The van der Waals surface area contributed by atoms with E-state index in [2.05, 4.69) is 247 Å². The maximum atomic E-state index is 6.14. The largest absolute Gasteiger partial charge is 0.456 e. The summed E-state index contributed by atoms with van der Waals surface area (Å²) in [4.78, 5) is 15.8. The molecule has 13 rings (SSSR count). The number of aromatic nitrogens is 4. The Balaban J connectivity index is 0.954. The maximum absolute atomic E-state index is 6.14. The van der Waals surface area contributed by atoms with Crippen molar-refractivity contribution >= 4 is 72.6 Å². The Bertz CT molecular complexity index is 3850. The first-order valence-corrected chi connectivity index (χ1v) is 25.3. The summed E-state index contributed by atoms with van der Waals surface area (Å²) >= 11 is 0. The van der Waals surface area contributed by atoms with Crippen LogP contribution in [-0.4, -0.2) is 27.6 Å². The second-order valence-electron chi connectivity index (χ2n) is 17.5. The topological polar surface area (TPSA) is 56.7 Å². The molecule has 0 amide bonds. The quantitative estimate of drug-likeness (QED) is 0.107. The van der Waals surface area contributed by atoms with E-state index in [1.807, 2.05) is 12.1 Å². The molecule has 0 saturated heterocycles. The summed E-state index contributed by atoms with van der Waals surface area (Å²) in [6.07, 6.45) is 0. The molecule has 0 radical (unpaired) electrons. The van der Waals surface area contributed by atoms with Gasteiger partial charge in [-0.1, -0.05) is 212 Å². The molecule has 0 aliphatic carbocycles. The van der Waals surface area contributed by atoms with E-state index in [0.717, 1.165) is 66.5 Å². The van der Waals surface area contributed by atoms with Gasteiger partial charge in [0.05, 0.1) is 11.0 Å². The van der Waals surface area contributed by atoms with E-state index >= 15 is 0 Å². The summed E-state index contributed by atoms with van der Waals surface area (Å²) in [5, 5.41) is 9.89. The number of rotatable bonds is 9. The molecule has 324 valence electrons. The van der Waals surface area contributed by atoms with Crippen molar-refractivity contribution in [3.05, 3.63) is 255 Å². The Labute approximate surface area is 400 Å². The van der Waals surface area contributed by atoms with E-state index in [1.54, 1.807) is 0 Å². The van der Waals surface area contributed by atoms with Gasteiger partial charge in [-0.05, 0) is 74.3 Å². The zero-order chi connectivity index (χ0) is 45.7. The van der Waals surface area contributed by atoms with E-state index in [0.29, 0.717) is 17.5 Å². The summed E-state index contributed by atoms with van der Waals surface area (Å²) in [5.74, 6) is 1.81. The Kier molecular flexibility index (Phi) is 9.77. The maximum Gasteiger partial charge on any atom is 0.179 e. The minimum atomic E-state index is -2.74. The molecule has 0 aliphatic heterocycles. The molecule has 0 spiro atoms. The number of nitrogens with zero attached hydrogens (tertiary/aromatic N) is 4. The first-order valence-electron chi connectivity index (χ1n) is 23.3. The highest BCUT2D eigenvalue weighted by molar-refractivity contribution is 7.19. The molecule has 6 heteroatoms. The van der Waals surface area contributed by atoms with E-state index in [1.165, 1.54) is 31.5 Å². The highest BCUT2D eigenvalue weighted by atomic mass is 28.3. The van der Waals surface area contributed by atoms with Crippen LogP contribution in [0.4, 0.5) is 0 Å². The van der Waals surface area contributed by atoms with E-state index in [9.17, 15) is 0 Å². The smallest absolute Gasteiger partial charge is 0.179 e. The molecule has 0 atom stereocenters. The summed E-state index contributed by atoms with van der Waals surface area (Å²) < 4.78 is 8.48. The van der Waals surface area contributed by atoms with E-state index in [4.69, 9.17) is 19.4 Å². The molecule has 0 unspecified atom stereocenters. The number of fused-ring (bicyclic) bond motifs is 6. The van der Waals surface area contributed by atoms with Crippen LogP contribution in [0.1, 0.15) is 0 Å². The normalized spacial score (nSPS) is 11.8. The molecule has 10 aromatic carbocycles. The minimum Gasteiger partial charge on any atom is -0.456 e. The zero-order valence-corrected chi connectivity index (χ0v) is 38.4. The highest BCUT2D eigenvalue weighted by Gasteiger charge is 2.41. The third kappa shape index (κ3) is 6.88. The number of furan rings is 1. The average molecular weight is 899 g/mol. The predicted octanol–water partition coefficient (Wildman–Crippen LogP) is 12.9. The summed E-state index contributed by atoms with van der Waals surface area (Å²) in [7, 11) is -2.74. The molecular weight excluding hydrogens is 857 g/mol. The van der Waals surface area contributed by atoms with E-state index in [-0.39, 0.29) is 0 Å². The van der Waals surface area contributed by atoms with Gasteiger partial charge >= 0.3 is 0 Å². The first kappa shape index (κ1) is 40.3. The lowest BCUT2D eigenvalue weighted by Crippen LogP contribution is -2.74. The molecule has 69 heavy (non-hydrogen) atoms. The van der Waals surface area contributed by atoms with Crippen molar-refractivity contribution in [2.24, 2.45) is 0 Å². The van der Waals surface area contributed by atoms with Gasteiger partial charge in [-0.3, -0.25) is 0 Å². The second kappa shape index (κ2) is 16.7. The van der Waals surface area contributed by atoms with Gasteiger partial charge in [-0.15, -0.1) is 0 Å². The van der Waals surface area contributed by atoms with Gasteiger partial charge in [0.15, 0.2) is 25.5 Å². The van der Waals surface area contributed by atoms with Crippen molar-refractivity contribution in [2.75, 3.05) is 0 Å². The van der Waals surface area contributed by atoms with Gasteiger partial charge in [-0.2, -0.15) is 0 Å². The number of benzene rings is 10. The lowest BCUT2D eigenvalue weighted by atomic mass is 10.0. The van der Waals surface area contributed by atoms with Crippen LogP contribution in [-0.2, 0) is 0 Å². The number of hydrogen-bond acceptors (Lipinski definition) is 4. The van der Waals surface area contributed by atoms with Crippen LogP contribution < -0.4 is 20.7 Å². The zero-order valence-electron chi connectivity index (χ0n) is 37.4. The van der Waals surface area contributed by atoms with Gasteiger partial charge in [0.25, 0.3) is 0 Å². The monoisotopic (exact) mass is 898 g/mol. The molecule has 13 aromatic rings. The van der Waals surface area contributed by atoms with Gasteiger partial charge in [-0.25, -0.2) is 15.0 Å². The fraction of sp³-hybridized carbons (Fsp3) is 0. The fourth-order valence-corrected chi connectivity index (χ4v) is 15.1. The lowest BCUT2D eigenvalue weighted by Gasteiger charge is -2.34. The summed E-state index contributed by atoms with van der Waals surface area (Å²) in [6, 6.07) is 90.9. The standard InChI is InChI=1S/C63H42N4OSi/c1-4-19-49(20-5-1)69(50-21-6-2-7-22-50,51-23-8-3-9-24-51)52-38-35-45(36-39-52)62-64-61(44-33-31-43(32-34-44)46-37-40-60-56(42-46)55-27-12-15-30-59(55)68-60)65-63(66-62)47-17-16-18-48(41-47)67-57-28-13-10-25-53(57)54-26-11-14-29-58(54)67/h1-42H. The molecule has 3 aromatic heterocycles. The highest BCUT2D eigenvalue weighted by Crippen LogP contribution is 2.35. The third-order valence-electron chi connectivity index (χ3n) is 13.6. The lowest BCUT2D eigenvalue weighted by molar-refractivity contribution is 0.669. The number of hydrogen-bond donors (Lipinski definition) is 0. The van der Waals surface area contributed by atoms with Crippen molar-refractivity contribution in [1.29, 1.82) is 0 Å². The molecular formula is C63H42N4OSi. The molecule has 5 nitrogen and oxygen atoms in total. The van der Waals surface area contributed by atoms with Crippen LogP contribution in [0, 0.1) is 0 Å². The molecule has 0 saturated carbocycles. The Morgan fingerprint density at radius 3 is 1.30 bits per heavy atom. The Morgan fingerprint density at radius 2 is 0.725 bits per heavy atom. The van der Waals surface area contributed by atoms with Crippen LogP contribution >= 0.6 is 0 Å². The van der Waals surface area contributed by atoms with Crippen molar-refractivity contribution in [1.82, 2.24) is 19.5 Å². The van der Waals surface area contributed by atoms with Crippen LogP contribution in [0.3, 0.4) is 0 Å². The second-order valence-corrected chi connectivity index (χ2v) is 21.3. The van der Waals surface area contributed by atoms with Crippen LogP contribution in [0.25, 0.3) is 94.7 Å². The minimum absolute atomic E-state index is 0.602. The molecule has 0 fully saturated rings. The fourth-order valence-electron chi connectivity index (χ4n) is 10.4. The van der Waals surface area contributed by atoms with Gasteiger partial charge in [0.1, 0.15) is 11.2 Å². The van der Waals surface area contributed by atoms with Crippen molar-refractivity contribution in [3.8, 4) is 51.0 Å². The van der Waals surface area contributed by atoms with Crippen molar-refractivity contribution < 1.29 is 4.42 Å². The predicted molar refractivity (Wildman–Crippen MR) is 287 cm³/mol. The molecule has 0 N–H and O–H groups in total. The van der Waals surface area contributed by atoms with Crippen LogP contribution in [0.2, 0.25) is 0 Å². The third-order valence-corrected chi connectivity index (χ3v) is 18.4. The average Bonchev–Trinajstić information content (AvgIpc) is 3.98. The summed E-state index contributed by atoms with van der Waals surface area (Å²) in [6.45, 7) is 0. The van der Waals surface area contributed by atoms with Crippen molar-refractivity contribution in [3.63, 3.8) is 0 Å². The molecule has 3 heterocycles. The first-order chi connectivity index (χ1) is 34.2. The Hall–Kier alpha value is -8.97. The van der Waals surface area contributed by atoms with Gasteiger partial charge in [0, 0.05) is 43.9 Å². The van der Waals surface area contributed by atoms with Gasteiger partial charge < -0.3 is 8.98 Å². The van der Waals surface area contributed by atoms with Crippen LogP contribution in [0.15, 0.2) is 259 Å². The van der Waals surface area contributed by atoms with Gasteiger partial charge in [0.2, 0.25) is 0 Å².